The molecule has 0 saturated heterocycles. The maximum atomic E-state index is 12.2. The fourth-order valence-corrected chi connectivity index (χ4v) is 3.47. The van der Waals surface area contributed by atoms with E-state index in [4.69, 9.17) is 0 Å². The normalized spacial score (nSPS) is 15.6. The van der Waals surface area contributed by atoms with Gasteiger partial charge in [0, 0.05) is 25.8 Å². The monoisotopic (exact) mass is 618 g/mol. The summed E-state index contributed by atoms with van der Waals surface area (Å²) in [5.74, 6) is -3.34. The van der Waals surface area contributed by atoms with Gasteiger partial charge in [-0.25, -0.2) is 13.8 Å². The van der Waals surface area contributed by atoms with Crippen molar-refractivity contribution in [2.24, 2.45) is 5.92 Å². The molecule has 0 bridgehead atoms. The number of halogens is 8. The molecule has 0 spiro atoms. The van der Waals surface area contributed by atoms with Crippen molar-refractivity contribution in [3.8, 4) is 0 Å². The SMILES string of the molecule is CC.CC.FC(F)(F)C1CC1.FC1(F)CCCCC1.O=CNCc1nc2ccc(CNC(=O)CCC(F)(F)F)cc2[nH]1. The summed E-state index contributed by atoms with van der Waals surface area (Å²) in [6.45, 7) is 8.40. The molecular formula is C28H42F8N4O2. The van der Waals surface area contributed by atoms with Gasteiger partial charge in [0.05, 0.1) is 29.9 Å². The molecule has 0 radical (unpaired) electrons. The fraction of sp³-hybridized carbons (Fsp3) is 0.679. The van der Waals surface area contributed by atoms with Gasteiger partial charge in [0.15, 0.2) is 0 Å². The Kier molecular flexibility index (Phi) is 17.9. The minimum absolute atomic E-state index is 0.118. The van der Waals surface area contributed by atoms with Crippen LogP contribution in [0, 0.1) is 5.92 Å². The number of benzene rings is 1. The Labute approximate surface area is 241 Å². The van der Waals surface area contributed by atoms with Crippen molar-refractivity contribution >= 4 is 23.4 Å². The first-order valence-electron chi connectivity index (χ1n) is 14.1. The zero-order chi connectivity index (χ0) is 32.4. The molecule has 42 heavy (non-hydrogen) atoms. The first kappa shape index (κ1) is 39.1. The molecule has 14 heteroatoms. The Balaban J connectivity index is 0.000000717. The second-order valence-corrected chi connectivity index (χ2v) is 9.16. The molecule has 3 N–H and O–H groups in total. The third-order valence-electron chi connectivity index (χ3n) is 5.70. The predicted molar refractivity (Wildman–Crippen MR) is 146 cm³/mol. The molecule has 4 rings (SSSR count). The molecular weight excluding hydrogens is 576 g/mol. The average Bonchev–Trinajstić information content (AvgIpc) is 3.73. The molecule has 1 aromatic heterocycles. The van der Waals surface area contributed by atoms with E-state index < -0.39 is 42.9 Å². The highest BCUT2D eigenvalue weighted by Gasteiger charge is 2.46. The minimum Gasteiger partial charge on any atom is -0.352 e. The van der Waals surface area contributed by atoms with Crippen LogP contribution in [0.1, 0.15) is 96.9 Å². The van der Waals surface area contributed by atoms with Gasteiger partial charge in [-0.1, -0.05) is 40.2 Å². The molecule has 2 aliphatic carbocycles. The van der Waals surface area contributed by atoms with Crippen molar-refractivity contribution in [2.75, 3.05) is 0 Å². The van der Waals surface area contributed by atoms with E-state index in [0.717, 1.165) is 17.5 Å². The van der Waals surface area contributed by atoms with Crippen LogP contribution in [0.25, 0.3) is 11.0 Å². The van der Waals surface area contributed by atoms with E-state index in [0.29, 0.717) is 43.4 Å². The summed E-state index contributed by atoms with van der Waals surface area (Å²) in [5, 5.41) is 4.93. The van der Waals surface area contributed by atoms with Crippen LogP contribution in [0.5, 0.6) is 0 Å². The highest BCUT2D eigenvalue weighted by molar-refractivity contribution is 5.77. The van der Waals surface area contributed by atoms with E-state index in [9.17, 15) is 44.7 Å². The molecule has 2 amide bonds. The molecule has 1 heterocycles. The summed E-state index contributed by atoms with van der Waals surface area (Å²) in [6, 6.07) is 5.20. The third kappa shape index (κ3) is 17.8. The van der Waals surface area contributed by atoms with E-state index in [1.807, 2.05) is 27.7 Å². The van der Waals surface area contributed by atoms with Crippen LogP contribution < -0.4 is 10.6 Å². The van der Waals surface area contributed by atoms with Crippen molar-refractivity contribution in [1.82, 2.24) is 20.6 Å². The van der Waals surface area contributed by atoms with Gasteiger partial charge in [0.25, 0.3) is 0 Å². The molecule has 0 aliphatic heterocycles. The minimum atomic E-state index is -4.34. The number of hydrogen-bond acceptors (Lipinski definition) is 3. The first-order valence-corrected chi connectivity index (χ1v) is 14.1. The number of carbonyl (C=O) groups is 2. The number of fused-ring (bicyclic) bond motifs is 1. The number of amides is 2. The lowest BCUT2D eigenvalue weighted by Crippen LogP contribution is -2.24. The lowest BCUT2D eigenvalue weighted by Gasteiger charge is -2.20. The maximum Gasteiger partial charge on any atom is 0.391 e. The number of rotatable bonds is 7. The fourth-order valence-electron chi connectivity index (χ4n) is 3.47. The lowest BCUT2D eigenvalue weighted by atomic mass is 9.97. The first-order chi connectivity index (χ1) is 19.7. The van der Waals surface area contributed by atoms with Crippen LogP contribution >= 0.6 is 0 Å². The number of nitrogens with zero attached hydrogens (tertiary/aromatic N) is 1. The van der Waals surface area contributed by atoms with Gasteiger partial charge >= 0.3 is 12.4 Å². The number of carbonyl (C=O) groups excluding carboxylic acids is 2. The second-order valence-electron chi connectivity index (χ2n) is 9.16. The number of H-pyrrole nitrogens is 1. The van der Waals surface area contributed by atoms with Gasteiger partial charge in [-0.3, -0.25) is 9.59 Å². The Morgan fingerprint density at radius 1 is 1.00 bits per heavy atom. The second kappa shape index (κ2) is 19.3. The van der Waals surface area contributed by atoms with Crippen LogP contribution in [0.2, 0.25) is 0 Å². The third-order valence-corrected chi connectivity index (χ3v) is 5.70. The summed E-state index contributed by atoms with van der Waals surface area (Å²) in [6.07, 6.45) is -6.02. The summed E-state index contributed by atoms with van der Waals surface area (Å²) in [5.41, 5.74) is 2.14. The van der Waals surface area contributed by atoms with E-state index in [2.05, 4.69) is 20.6 Å². The smallest absolute Gasteiger partial charge is 0.352 e. The van der Waals surface area contributed by atoms with Crippen molar-refractivity contribution < 1.29 is 44.7 Å². The topological polar surface area (TPSA) is 86.9 Å². The predicted octanol–water partition coefficient (Wildman–Crippen LogP) is 8.36. The van der Waals surface area contributed by atoms with E-state index in [-0.39, 0.29) is 25.9 Å². The molecule has 1 aromatic carbocycles. The zero-order valence-electron chi connectivity index (χ0n) is 24.5. The molecule has 2 fully saturated rings. The number of imidazole rings is 1. The largest absolute Gasteiger partial charge is 0.391 e. The summed E-state index contributed by atoms with van der Waals surface area (Å²) < 4.78 is 94.2. The van der Waals surface area contributed by atoms with Crippen LogP contribution in [-0.2, 0) is 22.7 Å². The standard InChI is InChI=1S/C14H15F3N4O2.C6H10F2.C4H5F3.2C2H6/c15-14(16,17)4-3-13(23)19-6-9-1-2-10-11(5-9)21-12(20-10)7-18-8-22;7-6(8)4-2-1-3-5-6;5-4(6,7)3-1-2-3;2*1-2/h1-2,5,8H,3-4,6-7H2,(H,18,22)(H,19,23)(H,20,21);1-5H2;3H,1-2H2;2*1-2H3. The summed E-state index contributed by atoms with van der Waals surface area (Å²) in [4.78, 5) is 28.9. The number of nitrogens with one attached hydrogen (secondary N) is 3. The van der Waals surface area contributed by atoms with Crippen LogP contribution in [0.4, 0.5) is 35.1 Å². The highest BCUT2D eigenvalue weighted by atomic mass is 19.4. The Morgan fingerprint density at radius 3 is 2.02 bits per heavy atom. The van der Waals surface area contributed by atoms with Gasteiger partial charge < -0.3 is 15.6 Å². The number of hydrogen-bond donors (Lipinski definition) is 3. The molecule has 2 saturated carbocycles. The van der Waals surface area contributed by atoms with Crippen LogP contribution in [-0.4, -0.2) is 40.6 Å². The molecule has 6 nitrogen and oxygen atoms in total. The highest BCUT2D eigenvalue weighted by Crippen LogP contribution is 2.43. The van der Waals surface area contributed by atoms with Gasteiger partial charge in [0.1, 0.15) is 5.82 Å². The molecule has 0 unspecified atom stereocenters. The Hall–Kier alpha value is -2.93. The Morgan fingerprint density at radius 2 is 1.60 bits per heavy atom. The molecule has 2 aromatic rings. The maximum absolute atomic E-state index is 12.2. The van der Waals surface area contributed by atoms with Crippen molar-refractivity contribution in [1.29, 1.82) is 0 Å². The average molecular weight is 619 g/mol. The van der Waals surface area contributed by atoms with Crippen LogP contribution in [0.3, 0.4) is 0 Å². The van der Waals surface area contributed by atoms with E-state index >= 15 is 0 Å². The molecule has 2 aliphatic rings. The van der Waals surface area contributed by atoms with E-state index in [1.54, 1.807) is 18.2 Å². The number of aromatic nitrogens is 2. The van der Waals surface area contributed by atoms with Crippen molar-refractivity contribution in [3.63, 3.8) is 0 Å². The number of aromatic amines is 1. The zero-order valence-corrected chi connectivity index (χ0v) is 24.5. The van der Waals surface area contributed by atoms with Gasteiger partial charge in [0.2, 0.25) is 18.2 Å². The summed E-state index contributed by atoms with van der Waals surface area (Å²) >= 11 is 0. The summed E-state index contributed by atoms with van der Waals surface area (Å²) in [7, 11) is 0. The van der Waals surface area contributed by atoms with Crippen molar-refractivity contribution in [2.45, 2.75) is 117 Å². The van der Waals surface area contributed by atoms with Crippen molar-refractivity contribution in [3.05, 3.63) is 29.6 Å². The van der Waals surface area contributed by atoms with Gasteiger partial charge in [-0.05, 0) is 43.4 Å². The quantitative estimate of drug-likeness (QED) is 0.215. The molecule has 242 valence electrons. The lowest BCUT2D eigenvalue weighted by molar-refractivity contribution is -0.147. The van der Waals surface area contributed by atoms with E-state index in [1.165, 1.54) is 0 Å². The molecule has 0 atom stereocenters. The van der Waals surface area contributed by atoms with Crippen LogP contribution in [0.15, 0.2) is 18.2 Å². The Bertz CT molecular complexity index is 1030. The van der Waals surface area contributed by atoms with Gasteiger partial charge in [-0.15, -0.1) is 0 Å². The number of alkyl halides is 8. The van der Waals surface area contributed by atoms with Gasteiger partial charge in [-0.2, -0.15) is 26.3 Å².